The van der Waals surface area contributed by atoms with Crippen LogP contribution in [0.15, 0.2) is 40.9 Å². The van der Waals surface area contributed by atoms with Crippen LogP contribution < -0.4 is 5.73 Å². The lowest BCUT2D eigenvalue weighted by molar-refractivity contribution is -0.119. The molecule has 21 heavy (non-hydrogen) atoms. The zero-order valence-electron chi connectivity index (χ0n) is 12.0. The second-order valence-corrected chi connectivity index (χ2v) is 6.12. The van der Waals surface area contributed by atoms with Crippen molar-refractivity contribution >= 4 is 38.5 Å². The molecule has 2 amide bonds. The number of carbonyl (C=O) groups excluding carboxylic acids is 2. The highest BCUT2D eigenvalue weighted by Crippen LogP contribution is 2.22. The van der Waals surface area contributed by atoms with Gasteiger partial charge in [-0.1, -0.05) is 28.1 Å². The lowest BCUT2D eigenvalue weighted by Gasteiger charge is -2.25. The number of benzene rings is 2. The second-order valence-electron chi connectivity index (χ2n) is 5.20. The summed E-state index contributed by atoms with van der Waals surface area (Å²) in [6.07, 6.45) is 0. The Labute approximate surface area is 132 Å². The number of rotatable bonds is 4. The highest BCUT2D eigenvalue weighted by molar-refractivity contribution is 9.10. The molecule has 0 unspecified atom stereocenters. The zero-order valence-corrected chi connectivity index (χ0v) is 13.6. The van der Waals surface area contributed by atoms with E-state index in [1.165, 1.54) is 4.90 Å². The van der Waals surface area contributed by atoms with Gasteiger partial charge in [0, 0.05) is 16.1 Å². The first-order valence-electron chi connectivity index (χ1n) is 6.67. The van der Waals surface area contributed by atoms with Crippen LogP contribution in [-0.4, -0.2) is 29.3 Å². The summed E-state index contributed by atoms with van der Waals surface area (Å²) >= 11 is 3.42. The smallest absolute Gasteiger partial charge is 0.254 e. The van der Waals surface area contributed by atoms with Crippen LogP contribution >= 0.6 is 15.9 Å². The molecule has 2 aromatic carbocycles. The number of amides is 2. The molecular weight excluding hydrogens is 332 g/mol. The molecule has 4 nitrogen and oxygen atoms in total. The van der Waals surface area contributed by atoms with Gasteiger partial charge < -0.3 is 10.6 Å². The molecule has 110 valence electrons. The summed E-state index contributed by atoms with van der Waals surface area (Å²) in [4.78, 5) is 25.1. The first kappa shape index (κ1) is 15.5. The van der Waals surface area contributed by atoms with E-state index in [0.29, 0.717) is 5.56 Å². The highest BCUT2D eigenvalue weighted by atomic mass is 79.9. The summed E-state index contributed by atoms with van der Waals surface area (Å²) in [5, 5.41) is 2.03. The lowest BCUT2D eigenvalue weighted by atomic mass is 10.1. The summed E-state index contributed by atoms with van der Waals surface area (Å²) < 4.78 is 0.992. The Morgan fingerprint density at radius 2 is 1.76 bits per heavy atom. The predicted molar refractivity (Wildman–Crippen MR) is 87.0 cm³/mol. The van der Waals surface area contributed by atoms with Crippen molar-refractivity contribution in [2.75, 3.05) is 6.54 Å². The maximum Gasteiger partial charge on any atom is 0.254 e. The van der Waals surface area contributed by atoms with Crippen molar-refractivity contribution < 1.29 is 9.59 Å². The molecule has 2 N–H and O–H groups in total. The van der Waals surface area contributed by atoms with Crippen molar-refractivity contribution in [2.24, 2.45) is 5.73 Å². The van der Waals surface area contributed by atoms with Crippen LogP contribution in [0.2, 0.25) is 0 Å². The third-order valence-corrected chi connectivity index (χ3v) is 3.75. The molecular formula is C16H17BrN2O2. The minimum Gasteiger partial charge on any atom is -0.368 e. The molecule has 0 saturated carbocycles. The Hall–Kier alpha value is -1.88. The number of hydrogen-bond donors (Lipinski definition) is 1. The van der Waals surface area contributed by atoms with Gasteiger partial charge in [0.15, 0.2) is 0 Å². The van der Waals surface area contributed by atoms with Gasteiger partial charge in [-0.3, -0.25) is 9.59 Å². The van der Waals surface area contributed by atoms with Gasteiger partial charge in [0.05, 0.1) is 6.54 Å². The Kier molecular flexibility index (Phi) is 4.63. The minimum atomic E-state index is -0.512. The van der Waals surface area contributed by atoms with Crippen LogP contribution in [0.4, 0.5) is 0 Å². The third-order valence-electron chi connectivity index (χ3n) is 3.26. The van der Waals surface area contributed by atoms with Gasteiger partial charge >= 0.3 is 0 Å². The van der Waals surface area contributed by atoms with E-state index in [-0.39, 0.29) is 18.5 Å². The minimum absolute atomic E-state index is 0.0745. The standard InChI is InChI=1S/C16H17BrN2O2/c1-10(2)19(9-15(18)20)16(21)13-4-3-12-8-14(17)6-5-11(12)7-13/h3-8,10H,9H2,1-2H3,(H2,18,20). The molecule has 0 atom stereocenters. The Balaban J connectivity index is 2.37. The molecule has 0 radical (unpaired) electrons. The van der Waals surface area contributed by atoms with Crippen molar-refractivity contribution in [1.29, 1.82) is 0 Å². The fourth-order valence-electron chi connectivity index (χ4n) is 2.17. The molecule has 0 heterocycles. The maximum atomic E-state index is 12.5. The van der Waals surface area contributed by atoms with Crippen molar-refractivity contribution in [3.63, 3.8) is 0 Å². The number of nitrogens with two attached hydrogens (primary N) is 1. The molecule has 2 rings (SSSR count). The monoisotopic (exact) mass is 348 g/mol. The maximum absolute atomic E-state index is 12.5. The number of fused-ring (bicyclic) bond motifs is 1. The molecule has 0 aromatic heterocycles. The van der Waals surface area contributed by atoms with E-state index in [1.54, 1.807) is 6.07 Å². The van der Waals surface area contributed by atoms with Gasteiger partial charge in [-0.05, 0) is 48.9 Å². The van der Waals surface area contributed by atoms with Crippen LogP contribution in [0.5, 0.6) is 0 Å². The summed E-state index contributed by atoms with van der Waals surface area (Å²) in [5.74, 6) is -0.699. The number of nitrogens with zero attached hydrogens (tertiary/aromatic N) is 1. The Morgan fingerprint density at radius 3 is 2.38 bits per heavy atom. The van der Waals surface area contributed by atoms with Crippen LogP contribution in [-0.2, 0) is 4.79 Å². The molecule has 0 aliphatic carbocycles. The Bertz CT molecular complexity index is 698. The molecule has 0 saturated heterocycles. The largest absolute Gasteiger partial charge is 0.368 e. The molecule has 5 heteroatoms. The van der Waals surface area contributed by atoms with Crippen LogP contribution in [0.25, 0.3) is 10.8 Å². The average Bonchev–Trinajstić information content (AvgIpc) is 2.43. The average molecular weight is 349 g/mol. The van der Waals surface area contributed by atoms with E-state index in [9.17, 15) is 9.59 Å². The van der Waals surface area contributed by atoms with Gasteiger partial charge in [0.1, 0.15) is 0 Å². The SMILES string of the molecule is CC(C)N(CC(N)=O)C(=O)c1ccc2cc(Br)ccc2c1. The molecule has 2 aromatic rings. The summed E-state index contributed by atoms with van der Waals surface area (Å²) in [6.45, 7) is 3.65. The van der Waals surface area contributed by atoms with Gasteiger partial charge in [-0.25, -0.2) is 0 Å². The van der Waals surface area contributed by atoms with Gasteiger partial charge in [-0.2, -0.15) is 0 Å². The van der Waals surface area contributed by atoms with E-state index < -0.39 is 5.91 Å². The Morgan fingerprint density at radius 1 is 1.14 bits per heavy atom. The highest BCUT2D eigenvalue weighted by Gasteiger charge is 2.20. The summed E-state index contributed by atoms with van der Waals surface area (Å²) in [6, 6.07) is 11.3. The van der Waals surface area contributed by atoms with Crippen LogP contribution in [0.3, 0.4) is 0 Å². The fraction of sp³-hybridized carbons (Fsp3) is 0.250. The third kappa shape index (κ3) is 3.61. The first-order chi connectivity index (χ1) is 9.88. The van der Waals surface area contributed by atoms with Crippen LogP contribution in [0.1, 0.15) is 24.2 Å². The zero-order chi connectivity index (χ0) is 15.6. The van der Waals surface area contributed by atoms with E-state index in [2.05, 4.69) is 15.9 Å². The van der Waals surface area contributed by atoms with E-state index in [1.807, 2.05) is 44.2 Å². The topological polar surface area (TPSA) is 63.4 Å². The van der Waals surface area contributed by atoms with Gasteiger partial charge in [0.25, 0.3) is 5.91 Å². The number of primary amides is 1. The van der Waals surface area contributed by atoms with E-state index in [0.717, 1.165) is 15.2 Å². The first-order valence-corrected chi connectivity index (χ1v) is 7.46. The van der Waals surface area contributed by atoms with E-state index >= 15 is 0 Å². The molecule has 0 bridgehead atoms. The molecule has 0 spiro atoms. The van der Waals surface area contributed by atoms with Crippen molar-refractivity contribution in [1.82, 2.24) is 4.90 Å². The van der Waals surface area contributed by atoms with Crippen molar-refractivity contribution in [3.8, 4) is 0 Å². The van der Waals surface area contributed by atoms with E-state index in [4.69, 9.17) is 5.73 Å². The lowest BCUT2D eigenvalue weighted by Crippen LogP contribution is -2.42. The van der Waals surface area contributed by atoms with Gasteiger partial charge in [-0.15, -0.1) is 0 Å². The van der Waals surface area contributed by atoms with Gasteiger partial charge in [0.2, 0.25) is 5.91 Å². The number of hydrogen-bond acceptors (Lipinski definition) is 2. The quantitative estimate of drug-likeness (QED) is 0.923. The molecule has 0 aliphatic heterocycles. The number of carbonyl (C=O) groups is 2. The second kappa shape index (κ2) is 6.26. The predicted octanol–water partition coefficient (Wildman–Crippen LogP) is 2.94. The van der Waals surface area contributed by atoms with Crippen LogP contribution in [0, 0.1) is 0 Å². The molecule has 0 aliphatic rings. The number of halogens is 1. The van der Waals surface area contributed by atoms with Crippen molar-refractivity contribution in [2.45, 2.75) is 19.9 Å². The molecule has 0 fully saturated rings. The van der Waals surface area contributed by atoms with Crippen molar-refractivity contribution in [3.05, 3.63) is 46.4 Å². The normalized spacial score (nSPS) is 10.9. The fourth-order valence-corrected chi connectivity index (χ4v) is 2.55. The summed E-state index contributed by atoms with van der Waals surface area (Å²) in [7, 11) is 0. The summed E-state index contributed by atoms with van der Waals surface area (Å²) in [5.41, 5.74) is 5.77.